The van der Waals surface area contributed by atoms with Gasteiger partial charge >= 0.3 is 0 Å². The molecule has 0 rings (SSSR count). The normalized spacial score (nSPS) is 12.7. The van der Waals surface area contributed by atoms with E-state index < -0.39 is 29.6 Å². The van der Waals surface area contributed by atoms with E-state index >= 15 is 0 Å². The monoisotopic (exact) mass is 246 g/mol. The Hall–Kier alpha value is -0.310. The number of nitrogens with zero attached hydrogens (tertiary/aromatic N) is 1. The molecule has 0 bridgehead atoms. The Bertz CT molecular complexity index is 259. The first kappa shape index (κ1) is 14.7. The predicted octanol–water partition coefficient (Wildman–Crippen LogP) is -0.776. The lowest BCUT2D eigenvalue weighted by Gasteiger charge is -2.20. The van der Waals surface area contributed by atoms with Crippen LogP contribution in [0.25, 0.3) is 0 Å². The molecule has 0 heterocycles. The van der Waals surface area contributed by atoms with Gasteiger partial charge in [-0.3, -0.25) is 0 Å². The maximum atomic E-state index is 12.0. The van der Waals surface area contributed by atoms with Crippen molar-refractivity contribution in [2.45, 2.75) is 12.8 Å². The number of aliphatic hydroxyl groups excluding tert-OH is 1. The molecule has 0 aliphatic heterocycles. The average molecular weight is 246 g/mol. The molecule has 0 aromatic heterocycles. The fraction of sp³-hybridized carbons (Fsp3) is 1.00. The maximum absolute atomic E-state index is 12.0. The fourth-order valence-corrected chi connectivity index (χ4v) is 2.49. The summed E-state index contributed by atoms with van der Waals surface area (Å²) in [5.74, 6) is -0.268. The highest BCUT2D eigenvalue weighted by Gasteiger charge is 2.24. The molecular weight excluding hydrogens is 230 g/mol. The molecule has 0 aliphatic carbocycles. The molecule has 0 aromatic carbocycles. The van der Waals surface area contributed by atoms with Crippen LogP contribution >= 0.6 is 0 Å². The van der Waals surface area contributed by atoms with Crippen LogP contribution in [0.1, 0.15) is 6.42 Å². The number of hydrogen-bond acceptors (Lipinski definition) is 4. The van der Waals surface area contributed by atoms with Gasteiger partial charge < -0.3 is 10.8 Å². The van der Waals surface area contributed by atoms with Crippen LogP contribution in [0, 0.1) is 0 Å². The first-order valence-corrected chi connectivity index (χ1v) is 6.12. The van der Waals surface area contributed by atoms with E-state index in [1.807, 2.05) is 0 Å². The van der Waals surface area contributed by atoms with E-state index in [1.54, 1.807) is 0 Å². The first-order chi connectivity index (χ1) is 6.94. The van der Waals surface area contributed by atoms with E-state index in [0.717, 1.165) is 0 Å². The van der Waals surface area contributed by atoms with Crippen molar-refractivity contribution in [2.24, 2.45) is 5.73 Å². The van der Waals surface area contributed by atoms with Gasteiger partial charge in [-0.1, -0.05) is 0 Å². The molecule has 0 aromatic rings. The topological polar surface area (TPSA) is 83.6 Å². The minimum absolute atomic E-state index is 0.181. The molecule has 92 valence electrons. The Morgan fingerprint density at radius 1 is 1.40 bits per heavy atom. The van der Waals surface area contributed by atoms with E-state index in [-0.39, 0.29) is 25.3 Å². The molecule has 0 amide bonds. The minimum atomic E-state index is -3.73. The largest absolute Gasteiger partial charge is 0.395 e. The third-order valence-corrected chi connectivity index (χ3v) is 3.61. The summed E-state index contributed by atoms with van der Waals surface area (Å²) >= 11 is 0. The molecule has 0 unspecified atom stereocenters. The highest BCUT2D eigenvalue weighted by atomic mass is 32.2. The SMILES string of the molecule is NCCCS(=O)(=O)N(CCO)CC(F)F. The van der Waals surface area contributed by atoms with Crippen LogP contribution in [0.5, 0.6) is 0 Å². The summed E-state index contributed by atoms with van der Waals surface area (Å²) in [5.41, 5.74) is 5.13. The van der Waals surface area contributed by atoms with Gasteiger partial charge in [0.15, 0.2) is 0 Å². The number of alkyl halides is 2. The molecule has 0 fully saturated rings. The lowest BCUT2D eigenvalue weighted by Crippen LogP contribution is -2.39. The molecule has 0 radical (unpaired) electrons. The molecule has 15 heavy (non-hydrogen) atoms. The van der Waals surface area contributed by atoms with Crippen molar-refractivity contribution in [1.82, 2.24) is 4.31 Å². The van der Waals surface area contributed by atoms with Crippen molar-refractivity contribution in [2.75, 3.05) is 32.0 Å². The number of aliphatic hydroxyl groups is 1. The van der Waals surface area contributed by atoms with Crippen LogP contribution in [0.4, 0.5) is 8.78 Å². The summed E-state index contributed by atoms with van der Waals surface area (Å²) in [4.78, 5) is 0. The number of hydrogen-bond donors (Lipinski definition) is 2. The Kier molecular flexibility index (Phi) is 6.90. The summed E-state index contributed by atoms with van der Waals surface area (Å²) in [7, 11) is -3.73. The molecule has 0 aliphatic rings. The van der Waals surface area contributed by atoms with Gasteiger partial charge in [-0.15, -0.1) is 0 Å². The standard InChI is InChI=1S/C7H16F2N2O3S/c8-7(9)6-11(3-4-12)15(13,14)5-1-2-10/h7,12H,1-6,10H2. The van der Waals surface area contributed by atoms with Gasteiger partial charge in [0, 0.05) is 6.54 Å². The Balaban J connectivity index is 4.44. The van der Waals surface area contributed by atoms with Crippen molar-refractivity contribution < 1.29 is 22.3 Å². The lowest BCUT2D eigenvalue weighted by molar-refractivity contribution is 0.113. The van der Waals surface area contributed by atoms with Gasteiger partial charge in [-0.25, -0.2) is 17.2 Å². The summed E-state index contributed by atoms with van der Waals surface area (Å²) < 4.78 is 47.6. The van der Waals surface area contributed by atoms with Crippen LogP contribution in [0.15, 0.2) is 0 Å². The highest BCUT2D eigenvalue weighted by Crippen LogP contribution is 2.06. The third-order valence-electron chi connectivity index (χ3n) is 1.69. The van der Waals surface area contributed by atoms with Crippen LogP contribution in [0.2, 0.25) is 0 Å². The highest BCUT2D eigenvalue weighted by molar-refractivity contribution is 7.89. The van der Waals surface area contributed by atoms with Crippen molar-refractivity contribution in [3.05, 3.63) is 0 Å². The van der Waals surface area contributed by atoms with Crippen molar-refractivity contribution in [1.29, 1.82) is 0 Å². The van der Waals surface area contributed by atoms with Gasteiger partial charge in [0.2, 0.25) is 10.0 Å². The zero-order chi connectivity index (χ0) is 11.9. The van der Waals surface area contributed by atoms with Gasteiger partial charge in [0.25, 0.3) is 6.43 Å². The number of sulfonamides is 1. The Morgan fingerprint density at radius 3 is 2.40 bits per heavy atom. The smallest absolute Gasteiger partial charge is 0.252 e. The zero-order valence-electron chi connectivity index (χ0n) is 8.27. The summed E-state index contributed by atoms with van der Waals surface area (Å²) in [5, 5.41) is 8.56. The van der Waals surface area contributed by atoms with E-state index in [4.69, 9.17) is 10.8 Å². The molecule has 3 N–H and O–H groups in total. The molecule has 0 saturated carbocycles. The van der Waals surface area contributed by atoms with Crippen LogP contribution in [0.3, 0.4) is 0 Å². The Morgan fingerprint density at radius 2 is 2.00 bits per heavy atom. The molecule has 5 nitrogen and oxygen atoms in total. The van der Waals surface area contributed by atoms with Crippen LogP contribution < -0.4 is 5.73 Å². The Labute approximate surface area is 87.9 Å². The second-order valence-electron chi connectivity index (χ2n) is 2.93. The molecule has 8 heteroatoms. The summed E-state index contributed by atoms with van der Waals surface area (Å²) in [6.45, 7) is -1.49. The van der Waals surface area contributed by atoms with E-state index in [2.05, 4.69) is 0 Å². The average Bonchev–Trinajstić information content (AvgIpc) is 2.13. The molecule has 0 saturated heterocycles. The number of halogens is 2. The second-order valence-corrected chi connectivity index (χ2v) is 5.02. The summed E-state index contributed by atoms with van der Waals surface area (Å²) in [6.07, 6.45) is -2.53. The van der Waals surface area contributed by atoms with Crippen molar-refractivity contribution in [3.63, 3.8) is 0 Å². The minimum Gasteiger partial charge on any atom is -0.395 e. The molecule has 0 atom stereocenters. The van der Waals surface area contributed by atoms with E-state index in [0.29, 0.717) is 4.31 Å². The van der Waals surface area contributed by atoms with Gasteiger partial charge in [-0.2, -0.15) is 4.31 Å². The zero-order valence-corrected chi connectivity index (χ0v) is 9.09. The van der Waals surface area contributed by atoms with Crippen molar-refractivity contribution >= 4 is 10.0 Å². The molecule has 0 spiro atoms. The number of nitrogens with two attached hydrogens (primary N) is 1. The summed E-state index contributed by atoms with van der Waals surface area (Å²) in [6, 6.07) is 0. The van der Waals surface area contributed by atoms with Gasteiger partial charge in [0.1, 0.15) is 0 Å². The molecular formula is C7H16F2N2O3S. The lowest BCUT2D eigenvalue weighted by atomic mass is 10.5. The van der Waals surface area contributed by atoms with Crippen molar-refractivity contribution in [3.8, 4) is 0 Å². The maximum Gasteiger partial charge on any atom is 0.252 e. The fourth-order valence-electron chi connectivity index (χ4n) is 1.00. The van der Waals surface area contributed by atoms with Gasteiger partial charge in [0.05, 0.1) is 18.9 Å². The van der Waals surface area contributed by atoms with Crippen LogP contribution in [-0.4, -0.2) is 56.2 Å². The second kappa shape index (κ2) is 7.04. The van der Waals surface area contributed by atoms with Gasteiger partial charge in [-0.05, 0) is 13.0 Å². The quantitative estimate of drug-likeness (QED) is 0.589. The first-order valence-electron chi connectivity index (χ1n) is 4.51. The number of rotatable bonds is 8. The van der Waals surface area contributed by atoms with E-state index in [9.17, 15) is 17.2 Å². The van der Waals surface area contributed by atoms with Crippen LogP contribution in [-0.2, 0) is 10.0 Å². The third kappa shape index (κ3) is 5.98. The predicted molar refractivity (Wildman–Crippen MR) is 52.1 cm³/mol. The van der Waals surface area contributed by atoms with E-state index in [1.165, 1.54) is 0 Å².